The summed E-state index contributed by atoms with van der Waals surface area (Å²) in [5.74, 6) is 0.817. The molecule has 5 rings (SSSR count). The van der Waals surface area contributed by atoms with Gasteiger partial charge < -0.3 is 4.98 Å². The molecule has 2 aromatic heterocycles. The first-order valence-corrected chi connectivity index (χ1v) is 10.8. The van der Waals surface area contributed by atoms with Gasteiger partial charge in [-0.3, -0.25) is 4.98 Å². The third kappa shape index (κ3) is 3.03. The number of nitrogens with zero attached hydrogens (tertiary/aromatic N) is 2. The number of aryl methyl sites for hydroxylation is 2. The minimum absolute atomic E-state index is 0.817. The van der Waals surface area contributed by atoms with Crippen molar-refractivity contribution in [3.8, 4) is 22.8 Å². The van der Waals surface area contributed by atoms with Crippen LogP contribution >= 0.6 is 9.42 Å². The number of hydrogen-bond acceptors (Lipinski definition) is 2. The maximum absolute atomic E-state index is 4.90. The van der Waals surface area contributed by atoms with Gasteiger partial charge in [0.05, 0.1) is 16.7 Å². The van der Waals surface area contributed by atoms with Crippen molar-refractivity contribution < 1.29 is 18.8 Å². The fourth-order valence-corrected chi connectivity index (χ4v) is 3.28. The van der Waals surface area contributed by atoms with Gasteiger partial charge in [-0.25, -0.2) is 4.98 Å². The predicted molar refractivity (Wildman–Crippen MR) is 96.9 cm³/mol. The van der Waals surface area contributed by atoms with Crippen LogP contribution in [0.1, 0.15) is 11.1 Å². The molecule has 0 fully saturated rings. The molecule has 126 valence electrons. The van der Waals surface area contributed by atoms with Crippen LogP contribution in [0.3, 0.4) is 0 Å². The van der Waals surface area contributed by atoms with Crippen LogP contribution in [-0.2, 0) is 31.6 Å². The number of fused-ring (bicyclic) bond motifs is 4. The van der Waals surface area contributed by atoms with Crippen LogP contribution in [0.2, 0.25) is 0 Å². The van der Waals surface area contributed by atoms with Crippen molar-refractivity contribution in [1.82, 2.24) is 15.0 Å². The Kier molecular flexibility index (Phi) is 4.69. The van der Waals surface area contributed by atoms with E-state index >= 15 is 0 Å². The second-order valence-electron chi connectivity index (χ2n) is 5.88. The van der Waals surface area contributed by atoms with Gasteiger partial charge in [0, 0.05) is 0 Å². The van der Waals surface area contributed by atoms with Gasteiger partial charge in [-0.1, -0.05) is 30.2 Å². The summed E-state index contributed by atoms with van der Waals surface area (Å²) < 4.78 is 0. The molecule has 2 aromatic carbocycles. The number of pyridine rings is 1. The van der Waals surface area contributed by atoms with E-state index in [0.29, 0.717) is 0 Å². The number of imidazole rings is 1. The molecule has 0 radical (unpaired) electrons. The zero-order valence-corrected chi connectivity index (χ0v) is 16.2. The topological polar surface area (TPSA) is 41.6 Å². The second kappa shape index (κ2) is 7.11. The molecule has 0 saturated carbocycles. The maximum Gasteiger partial charge on any atom is 0.156 e. The molecule has 0 atom stereocenters. The summed E-state index contributed by atoms with van der Waals surface area (Å²) in [6.45, 7) is 0. The van der Waals surface area contributed by atoms with E-state index < -0.39 is 0 Å². The first-order chi connectivity index (χ1) is 12.4. The average molecular weight is 527 g/mol. The number of hydrogen-bond donors (Lipinski definition) is 1. The number of H-pyrrole nitrogens is 1. The maximum atomic E-state index is 4.90. The van der Waals surface area contributed by atoms with Crippen molar-refractivity contribution in [1.29, 1.82) is 0 Å². The molecule has 0 amide bonds. The Morgan fingerprint density at radius 2 is 1.76 bits per heavy atom. The number of aromatic nitrogens is 3. The van der Waals surface area contributed by atoms with Crippen molar-refractivity contribution >= 4 is 20.5 Å². The van der Waals surface area contributed by atoms with E-state index in [9.17, 15) is 0 Å². The van der Waals surface area contributed by atoms with Gasteiger partial charge >= 0.3 is 28.2 Å². The Morgan fingerprint density at radius 3 is 2.64 bits per heavy atom. The van der Waals surface area contributed by atoms with E-state index in [2.05, 4.69) is 43.7 Å². The molecule has 5 heteroatoms. The first-order valence-electron chi connectivity index (χ1n) is 7.95. The summed E-state index contributed by atoms with van der Waals surface area (Å²) in [5, 5.41) is 0. The van der Waals surface area contributed by atoms with Crippen molar-refractivity contribution in [2.45, 2.75) is 12.8 Å². The van der Waals surface area contributed by atoms with Gasteiger partial charge in [0.1, 0.15) is 0 Å². The van der Waals surface area contributed by atoms with Crippen LogP contribution in [0.25, 0.3) is 33.8 Å². The fraction of sp³-hybridized carbons (Fsp3) is 0.100. The molecule has 1 aliphatic carbocycles. The third-order valence-corrected chi connectivity index (χ3v) is 4.45. The summed E-state index contributed by atoms with van der Waals surface area (Å²) in [4.78, 5) is 12.9. The Bertz CT molecular complexity index is 1010. The van der Waals surface area contributed by atoms with Crippen LogP contribution < -0.4 is 0 Å². The number of aromatic amines is 1. The van der Waals surface area contributed by atoms with Crippen molar-refractivity contribution in [3.63, 3.8) is 0 Å². The number of para-hydroxylation sites is 2. The van der Waals surface area contributed by atoms with E-state index in [0.717, 1.165) is 46.7 Å². The van der Waals surface area contributed by atoms with Gasteiger partial charge in [0.2, 0.25) is 0 Å². The summed E-state index contributed by atoms with van der Waals surface area (Å²) in [7, 11) is 4.61. The molecule has 0 bridgehead atoms. The summed E-state index contributed by atoms with van der Waals surface area (Å²) in [6.07, 6.45) is 2.10. The standard InChI is InChI=1S/C20H14N3.ClH.Pt/c1-2-6-15-13(5-1)9-10-14-11-12-18(21-19(14)15)20-22-16-7-3-4-8-17(16)23-20;;/h1-5,7-8,11-12H,9-10H2,(H,22,23);1H;/q-1;;+2/p-1. The fourth-order valence-electron chi connectivity index (χ4n) is 3.28. The van der Waals surface area contributed by atoms with Crippen LogP contribution in [-0.4, -0.2) is 15.0 Å². The first kappa shape index (κ1) is 16.5. The molecule has 1 aliphatic rings. The van der Waals surface area contributed by atoms with Crippen LogP contribution in [0, 0.1) is 6.07 Å². The molecule has 0 saturated heterocycles. The molecule has 4 aromatic rings. The number of rotatable bonds is 1. The zero-order chi connectivity index (χ0) is 17.2. The quantitative estimate of drug-likeness (QED) is 0.359. The molecular weight excluding hydrogens is 513 g/mol. The molecule has 25 heavy (non-hydrogen) atoms. The molecule has 3 nitrogen and oxygen atoms in total. The second-order valence-corrected chi connectivity index (χ2v) is 5.88. The number of halogens is 1. The van der Waals surface area contributed by atoms with Crippen LogP contribution in [0.5, 0.6) is 0 Å². The van der Waals surface area contributed by atoms with Crippen LogP contribution in [0.15, 0.2) is 54.6 Å². The minimum atomic E-state index is 0.817. The smallest absolute Gasteiger partial charge is 0.156 e. The molecule has 1 N–H and O–H groups in total. The van der Waals surface area contributed by atoms with E-state index in [1.54, 1.807) is 18.8 Å². The van der Waals surface area contributed by atoms with Crippen molar-refractivity contribution in [3.05, 3.63) is 71.8 Å². The zero-order valence-electron chi connectivity index (χ0n) is 13.2. The Labute approximate surface area is 161 Å². The van der Waals surface area contributed by atoms with Gasteiger partial charge in [0.25, 0.3) is 0 Å². The predicted octanol–water partition coefficient (Wildman–Crippen LogP) is 4.88. The summed E-state index contributed by atoms with van der Waals surface area (Å²) in [5.41, 5.74) is 7.68. The normalized spacial score (nSPS) is 12.1. The van der Waals surface area contributed by atoms with E-state index in [1.807, 2.05) is 36.4 Å². The largest absolute Gasteiger partial charge is 0.337 e. The van der Waals surface area contributed by atoms with Crippen molar-refractivity contribution in [2.75, 3.05) is 0 Å². The number of nitrogens with one attached hydrogen (secondary N) is 1. The van der Waals surface area contributed by atoms with Gasteiger partial charge in [0.15, 0.2) is 5.82 Å². The Hall–Kier alpha value is -1.96. The summed E-state index contributed by atoms with van der Waals surface area (Å²) in [6, 6.07) is 21.8. The molecule has 0 aliphatic heterocycles. The molecular formula is C20H14ClN3Pt. The third-order valence-electron chi connectivity index (χ3n) is 4.45. The van der Waals surface area contributed by atoms with Crippen LogP contribution in [0.4, 0.5) is 0 Å². The number of benzene rings is 2. The SMILES string of the molecule is [Cl][Pt+].[c-]1cccc2c1-c1nc(-c3nc4ccccc4[nH]3)ccc1CC2. The summed E-state index contributed by atoms with van der Waals surface area (Å²) >= 11 is 1.61. The van der Waals surface area contributed by atoms with E-state index in [4.69, 9.17) is 4.98 Å². The van der Waals surface area contributed by atoms with E-state index in [1.165, 1.54) is 11.1 Å². The minimum Gasteiger partial charge on any atom is -0.337 e. The molecule has 0 spiro atoms. The average Bonchev–Trinajstić information content (AvgIpc) is 3.13. The van der Waals surface area contributed by atoms with Gasteiger partial charge in [-0.15, -0.1) is 35.4 Å². The molecule has 0 unspecified atom stereocenters. The van der Waals surface area contributed by atoms with Gasteiger partial charge in [-0.05, 0) is 30.3 Å². The Morgan fingerprint density at radius 1 is 0.920 bits per heavy atom. The van der Waals surface area contributed by atoms with E-state index in [-0.39, 0.29) is 0 Å². The molecule has 2 heterocycles. The van der Waals surface area contributed by atoms with Gasteiger partial charge in [-0.2, -0.15) is 0 Å². The van der Waals surface area contributed by atoms with Crippen molar-refractivity contribution in [2.24, 2.45) is 0 Å². The Balaban J connectivity index is 0.000000758. The monoisotopic (exact) mass is 526 g/mol.